The third-order valence-electron chi connectivity index (χ3n) is 3.65. The monoisotopic (exact) mass is 338 g/mol. The Morgan fingerprint density at radius 3 is 2.84 bits per heavy atom. The molecule has 2 heterocycles. The smallest absolute Gasteiger partial charge is 0.319 e. The summed E-state index contributed by atoms with van der Waals surface area (Å²) in [6, 6.07) is 12.1. The number of aromatic nitrogens is 4. The summed E-state index contributed by atoms with van der Waals surface area (Å²) in [7, 11) is 1.76. The van der Waals surface area contributed by atoms with E-state index in [0.717, 1.165) is 5.56 Å². The quantitative estimate of drug-likeness (QED) is 0.734. The molecule has 3 rings (SSSR count). The van der Waals surface area contributed by atoms with E-state index in [9.17, 15) is 9.59 Å². The molecule has 0 aliphatic rings. The van der Waals surface area contributed by atoms with Crippen molar-refractivity contribution < 1.29 is 4.79 Å². The standard InChI is InChI=1S/C17H18N6O2/c1-22-15(19-12-20-22)10-18-17(25)21-14-6-4-5-13(9-14)11-23-8-3-2-7-16(23)24/h2-9,12H,10-11H2,1H3,(H2,18,21,25). The first-order valence-electron chi connectivity index (χ1n) is 7.74. The summed E-state index contributed by atoms with van der Waals surface area (Å²) in [5.41, 5.74) is 1.50. The van der Waals surface area contributed by atoms with Crippen molar-refractivity contribution in [2.75, 3.05) is 5.32 Å². The molecule has 2 amide bonds. The van der Waals surface area contributed by atoms with E-state index in [0.29, 0.717) is 18.1 Å². The fourth-order valence-corrected chi connectivity index (χ4v) is 2.35. The topological polar surface area (TPSA) is 93.8 Å². The molecule has 8 heteroatoms. The molecule has 0 aliphatic heterocycles. The Morgan fingerprint density at radius 1 is 1.20 bits per heavy atom. The summed E-state index contributed by atoms with van der Waals surface area (Å²) in [5, 5.41) is 9.44. The molecule has 0 saturated heterocycles. The second-order valence-corrected chi connectivity index (χ2v) is 5.47. The second kappa shape index (κ2) is 7.43. The van der Waals surface area contributed by atoms with Crippen molar-refractivity contribution in [1.29, 1.82) is 0 Å². The van der Waals surface area contributed by atoms with E-state index >= 15 is 0 Å². The first kappa shape index (κ1) is 16.4. The number of rotatable bonds is 5. The zero-order chi connectivity index (χ0) is 17.6. The summed E-state index contributed by atoms with van der Waals surface area (Å²) < 4.78 is 3.20. The van der Waals surface area contributed by atoms with Crippen LogP contribution in [0.5, 0.6) is 0 Å². The summed E-state index contributed by atoms with van der Waals surface area (Å²) in [4.78, 5) is 27.8. The summed E-state index contributed by atoms with van der Waals surface area (Å²) in [6.45, 7) is 0.719. The van der Waals surface area contributed by atoms with E-state index in [4.69, 9.17) is 0 Å². The molecule has 0 atom stereocenters. The van der Waals surface area contributed by atoms with Gasteiger partial charge in [-0.05, 0) is 23.8 Å². The Hall–Kier alpha value is -3.42. The maximum Gasteiger partial charge on any atom is 0.319 e. The molecule has 0 saturated carbocycles. The molecule has 2 aromatic heterocycles. The van der Waals surface area contributed by atoms with Gasteiger partial charge in [-0.1, -0.05) is 18.2 Å². The van der Waals surface area contributed by atoms with Gasteiger partial charge < -0.3 is 15.2 Å². The van der Waals surface area contributed by atoms with Gasteiger partial charge in [0.1, 0.15) is 12.2 Å². The first-order chi connectivity index (χ1) is 12.1. The zero-order valence-electron chi connectivity index (χ0n) is 13.7. The SMILES string of the molecule is Cn1ncnc1CNC(=O)Nc1cccc(Cn2ccccc2=O)c1. The van der Waals surface area contributed by atoms with Gasteiger partial charge in [-0.15, -0.1) is 0 Å². The van der Waals surface area contributed by atoms with Gasteiger partial charge in [0.15, 0.2) is 0 Å². The molecule has 0 unspecified atom stereocenters. The van der Waals surface area contributed by atoms with Crippen molar-refractivity contribution in [1.82, 2.24) is 24.6 Å². The van der Waals surface area contributed by atoms with Crippen LogP contribution in [0.15, 0.2) is 59.8 Å². The van der Waals surface area contributed by atoms with E-state index in [-0.39, 0.29) is 18.1 Å². The lowest BCUT2D eigenvalue weighted by Crippen LogP contribution is -2.29. The number of carbonyl (C=O) groups is 1. The number of amides is 2. The van der Waals surface area contributed by atoms with Gasteiger partial charge in [0.2, 0.25) is 0 Å². The van der Waals surface area contributed by atoms with Crippen LogP contribution in [0.3, 0.4) is 0 Å². The highest BCUT2D eigenvalue weighted by Gasteiger charge is 2.06. The lowest BCUT2D eigenvalue weighted by atomic mass is 10.2. The van der Waals surface area contributed by atoms with Crippen LogP contribution < -0.4 is 16.2 Å². The maximum absolute atomic E-state index is 12.0. The number of nitrogens with one attached hydrogen (secondary N) is 2. The van der Waals surface area contributed by atoms with Gasteiger partial charge in [0, 0.05) is 25.0 Å². The Balaban J connectivity index is 1.61. The van der Waals surface area contributed by atoms with E-state index < -0.39 is 0 Å². The average Bonchev–Trinajstić information content (AvgIpc) is 3.01. The molecular weight excluding hydrogens is 320 g/mol. The average molecular weight is 338 g/mol. The number of pyridine rings is 1. The van der Waals surface area contributed by atoms with Crippen molar-refractivity contribution >= 4 is 11.7 Å². The molecule has 128 valence electrons. The lowest BCUT2D eigenvalue weighted by Gasteiger charge is -2.10. The molecule has 0 aliphatic carbocycles. The van der Waals surface area contributed by atoms with E-state index in [1.165, 1.54) is 12.4 Å². The number of benzene rings is 1. The highest BCUT2D eigenvalue weighted by molar-refractivity contribution is 5.89. The second-order valence-electron chi connectivity index (χ2n) is 5.47. The number of anilines is 1. The fraction of sp³-hybridized carbons (Fsp3) is 0.176. The van der Waals surface area contributed by atoms with Gasteiger partial charge in [0.25, 0.3) is 5.56 Å². The highest BCUT2D eigenvalue weighted by atomic mass is 16.2. The Kier molecular flexibility index (Phi) is 4.89. The van der Waals surface area contributed by atoms with Crippen LogP contribution >= 0.6 is 0 Å². The third kappa shape index (κ3) is 4.31. The minimum absolute atomic E-state index is 0.0673. The number of nitrogens with zero attached hydrogens (tertiary/aromatic N) is 4. The minimum atomic E-state index is -0.336. The van der Waals surface area contributed by atoms with E-state index in [1.807, 2.05) is 24.3 Å². The maximum atomic E-state index is 12.0. The molecule has 3 aromatic rings. The molecule has 2 N–H and O–H groups in total. The number of aryl methyl sites for hydroxylation is 1. The Bertz CT molecular complexity index is 930. The van der Waals surface area contributed by atoms with Crippen molar-refractivity contribution in [2.45, 2.75) is 13.1 Å². The van der Waals surface area contributed by atoms with Crippen LogP contribution in [-0.2, 0) is 20.1 Å². The molecule has 0 bridgehead atoms. The van der Waals surface area contributed by atoms with Gasteiger partial charge in [0.05, 0.1) is 13.1 Å². The van der Waals surface area contributed by atoms with Gasteiger partial charge in [-0.25, -0.2) is 9.78 Å². The first-order valence-corrected chi connectivity index (χ1v) is 7.74. The highest BCUT2D eigenvalue weighted by Crippen LogP contribution is 2.11. The van der Waals surface area contributed by atoms with Crippen LogP contribution in [0.4, 0.5) is 10.5 Å². The number of carbonyl (C=O) groups excluding carboxylic acids is 1. The Labute approximate surface area is 144 Å². The third-order valence-corrected chi connectivity index (χ3v) is 3.65. The minimum Gasteiger partial charge on any atom is -0.331 e. The molecule has 1 aromatic carbocycles. The van der Waals surface area contributed by atoms with E-state index in [2.05, 4.69) is 20.7 Å². The van der Waals surface area contributed by atoms with Crippen LogP contribution in [0.25, 0.3) is 0 Å². The van der Waals surface area contributed by atoms with Crippen molar-refractivity contribution in [2.24, 2.45) is 7.05 Å². The molecule has 0 spiro atoms. The van der Waals surface area contributed by atoms with Crippen molar-refractivity contribution in [3.05, 3.63) is 76.7 Å². The summed E-state index contributed by atoms with van der Waals surface area (Å²) >= 11 is 0. The van der Waals surface area contributed by atoms with E-state index in [1.54, 1.807) is 34.6 Å². The predicted octanol–water partition coefficient (Wildman–Crippen LogP) is 1.35. The van der Waals surface area contributed by atoms with Gasteiger partial charge in [-0.3, -0.25) is 9.48 Å². The molecule has 0 fully saturated rings. The van der Waals surface area contributed by atoms with Gasteiger partial charge >= 0.3 is 6.03 Å². The van der Waals surface area contributed by atoms with Crippen LogP contribution in [-0.4, -0.2) is 25.4 Å². The van der Waals surface area contributed by atoms with Crippen LogP contribution in [0, 0.1) is 0 Å². The lowest BCUT2D eigenvalue weighted by molar-refractivity contribution is 0.251. The van der Waals surface area contributed by atoms with Crippen molar-refractivity contribution in [3.8, 4) is 0 Å². The van der Waals surface area contributed by atoms with Crippen LogP contribution in [0.2, 0.25) is 0 Å². The number of hydrogen-bond donors (Lipinski definition) is 2. The fourth-order valence-electron chi connectivity index (χ4n) is 2.35. The molecule has 25 heavy (non-hydrogen) atoms. The number of urea groups is 1. The van der Waals surface area contributed by atoms with Crippen LogP contribution in [0.1, 0.15) is 11.4 Å². The molecule has 8 nitrogen and oxygen atoms in total. The van der Waals surface area contributed by atoms with Crippen molar-refractivity contribution in [3.63, 3.8) is 0 Å². The normalized spacial score (nSPS) is 10.4. The zero-order valence-corrected chi connectivity index (χ0v) is 13.7. The summed E-state index contributed by atoms with van der Waals surface area (Å²) in [6.07, 6.45) is 3.17. The Morgan fingerprint density at radius 2 is 2.08 bits per heavy atom. The summed E-state index contributed by atoms with van der Waals surface area (Å²) in [5.74, 6) is 0.660. The van der Waals surface area contributed by atoms with Gasteiger partial charge in [-0.2, -0.15) is 5.10 Å². The predicted molar refractivity (Wildman–Crippen MR) is 93.1 cm³/mol. The number of hydrogen-bond acceptors (Lipinski definition) is 4. The largest absolute Gasteiger partial charge is 0.331 e. The molecular formula is C17H18N6O2. The molecule has 0 radical (unpaired) electrons.